The van der Waals surface area contributed by atoms with Crippen molar-refractivity contribution in [3.8, 4) is 5.69 Å². The van der Waals surface area contributed by atoms with E-state index in [0.29, 0.717) is 18.2 Å². The molecule has 2 aromatic heterocycles. The highest BCUT2D eigenvalue weighted by atomic mass is 16.2. The van der Waals surface area contributed by atoms with Crippen LogP contribution in [0.4, 0.5) is 0 Å². The van der Waals surface area contributed by atoms with Crippen molar-refractivity contribution >= 4 is 5.91 Å². The van der Waals surface area contributed by atoms with Gasteiger partial charge in [0.2, 0.25) is 0 Å². The Kier molecular flexibility index (Phi) is 5.50. The van der Waals surface area contributed by atoms with Crippen LogP contribution in [0.5, 0.6) is 0 Å². The molecule has 1 amide bonds. The average molecular weight is 378 g/mol. The first-order valence-corrected chi connectivity index (χ1v) is 9.93. The van der Waals surface area contributed by atoms with Gasteiger partial charge in [-0.3, -0.25) is 9.48 Å². The molecule has 1 aliphatic rings. The summed E-state index contributed by atoms with van der Waals surface area (Å²) in [6.07, 6.45) is 11.9. The Bertz CT molecular complexity index is 911. The molecule has 1 aliphatic carbocycles. The molecule has 0 N–H and O–H groups in total. The molecule has 146 valence electrons. The first-order valence-electron chi connectivity index (χ1n) is 9.93. The standard InChI is InChI=1S/C21H26N6O/c1-25(14-18-9-5-10-19(13-18)27-12-6-11-22-27)21(28)20-16-26(24-23-20)15-17-7-3-2-4-8-17/h5-6,9-13,16-17H,2-4,7-8,14-15H2,1H3. The third-order valence-corrected chi connectivity index (χ3v) is 5.37. The molecule has 2 heterocycles. The second-order valence-electron chi connectivity index (χ2n) is 7.61. The van der Waals surface area contributed by atoms with Crippen molar-refractivity contribution < 1.29 is 4.79 Å². The summed E-state index contributed by atoms with van der Waals surface area (Å²) in [5.41, 5.74) is 2.42. The van der Waals surface area contributed by atoms with Crippen molar-refractivity contribution in [3.63, 3.8) is 0 Å². The molecule has 3 aromatic rings. The van der Waals surface area contributed by atoms with Crippen LogP contribution in [0.15, 0.2) is 48.9 Å². The van der Waals surface area contributed by atoms with Gasteiger partial charge in [0.25, 0.3) is 5.91 Å². The van der Waals surface area contributed by atoms with E-state index in [0.717, 1.165) is 17.8 Å². The highest BCUT2D eigenvalue weighted by molar-refractivity contribution is 5.91. The van der Waals surface area contributed by atoms with Crippen LogP contribution in [0.3, 0.4) is 0 Å². The molecule has 7 nitrogen and oxygen atoms in total. The van der Waals surface area contributed by atoms with E-state index in [1.807, 2.05) is 45.9 Å². The fourth-order valence-electron chi connectivity index (χ4n) is 3.88. The molecule has 0 radical (unpaired) electrons. The maximum atomic E-state index is 12.8. The first-order chi connectivity index (χ1) is 13.7. The quantitative estimate of drug-likeness (QED) is 0.660. The summed E-state index contributed by atoms with van der Waals surface area (Å²) in [5, 5.41) is 12.5. The smallest absolute Gasteiger partial charge is 0.276 e. The Morgan fingerprint density at radius 2 is 2.07 bits per heavy atom. The lowest BCUT2D eigenvalue weighted by molar-refractivity contribution is 0.0779. The minimum Gasteiger partial charge on any atom is -0.336 e. The lowest BCUT2D eigenvalue weighted by Gasteiger charge is -2.20. The number of benzene rings is 1. The Morgan fingerprint density at radius 1 is 1.21 bits per heavy atom. The van der Waals surface area contributed by atoms with Crippen LogP contribution < -0.4 is 0 Å². The third kappa shape index (κ3) is 4.30. The lowest BCUT2D eigenvalue weighted by atomic mass is 9.89. The predicted molar refractivity (Wildman–Crippen MR) is 106 cm³/mol. The summed E-state index contributed by atoms with van der Waals surface area (Å²) < 4.78 is 3.64. The van der Waals surface area contributed by atoms with Gasteiger partial charge >= 0.3 is 0 Å². The first kappa shape index (κ1) is 18.4. The van der Waals surface area contributed by atoms with Crippen LogP contribution >= 0.6 is 0 Å². The normalized spacial score (nSPS) is 14.9. The molecule has 1 fully saturated rings. The van der Waals surface area contributed by atoms with Crippen molar-refractivity contribution in [2.45, 2.75) is 45.2 Å². The molecule has 0 spiro atoms. The second kappa shape index (κ2) is 8.37. The summed E-state index contributed by atoms with van der Waals surface area (Å²) in [6, 6.07) is 9.91. The van der Waals surface area contributed by atoms with E-state index in [1.165, 1.54) is 32.1 Å². The van der Waals surface area contributed by atoms with Gasteiger partial charge in [0.15, 0.2) is 5.69 Å². The van der Waals surface area contributed by atoms with Crippen LogP contribution in [-0.4, -0.2) is 42.6 Å². The van der Waals surface area contributed by atoms with Gasteiger partial charge in [0, 0.05) is 32.5 Å². The Hall–Kier alpha value is -2.96. The van der Waals surface area contributed by atoms with Gasteiger partial charge in [-0.2, -0.15) is 5.10 Å². The summed E-state index contributed by atoms with van der Waals surface area (Å²) >= 11 is 0. The summed E-state index contributed by atoms with van der Waals surface area (Å²) in [6.45, 7) is 1.36. The summed E-state index contributed by atoms with van der Waals surface area (Å²) in [4.78, 5) is 14.4. The number of hydrogen-bond acceptors (Lipinski definition) is 4. The van der Waals surface area contributed by atoms with Crippen LogP contribution in [0.1, 0.15) is 48.2 Å². The SMILES string of the molecule is CN(Cc1cccc(-n2cccn2)c1)C(=O)c1cn(CC2CCCCC2)nn1. The van der Waals surface area contributed by atoms with Crippen molar-refractivity contribution in [1.29, 1.82) is 0 Å². The minimum atomic E-state index is -0.112. The summed E-state index contributed by atoms with van der Waals surface area (Å²) in [5.74, 6) is 0.542. The van der Waals surface area contributed by atoms with E-state index in [4.69, 9.17) is 0 Å². The maximum absolute atomic E-state index is 12.8. The second-order valence-corrected chi connectivity index (χ2v) is 7.61. The lowest BCUT2D eigenvalue weighted by Crippen LogP contribution is -2.26. The molecule has 0 atom stereocenters. The highest BCUT2D eigenvalue weighted by Gasteiger charge is 2.19. The van der Waals surface area contributed by atoms with Gasteiger partial charge in [-0.15, -0.1) is 5.10 Å². The van der Waals surface area contributed by atoms with Gasteiger partial charge in [-0.1, -0.05) is 36.6 Å². The van der Waals surface area contributed by atoms with Crippen LogP contribution in [0, 0.1) is 5.92 Å². The third-order valence-electron chi connectivity index (χ3n) is 5.37. The molecule has 1 saturated carbocycles. The maximum Gasteiger partial charge on any atom is 0.276 e. The van der Waals surface area contributed by atoms with Crippen molar-refractivity contribution in [1.82, 2.24) is 29.7 Å². The monoisotopic (exact) mass is 378 g/mol. The van der Waals surface area contributed by atoms with Gasteiger partial charge in [0.05, 0.1) is 11.9 Å². The number of aromatic nitrogens is 5. The Morgan fingerprint density at radius 3 is 2.86 bits per heavy atom. The van der Waals surface area contributed by atoms with E-state index in [2.05, 4.69) is 15.4 Å². The van der Waals surface area contributed by atoms with E-state index >= 15 is 0 Å². The molecular weight excluding hydrogens is 352 g/mol. The highest BCUT2D eigenvalue weighted by Crippen LogP contribution is 2.24. The predicted octanol–water partition coefficient (Wildman–Crippen LogP) is 3.32. The van der Waals surface area contributed by atoms with Crippen molar-refractivity contribution in [2.75, 3.05) is 7.05 Å². The zero-order chi connectivity index (χ0) is 19.3. The number of amides is 1. The van der Waals surface area contributed by atoms with E-state index in [1.54, 1.807) is 24.3 Å². The van der Waals surface area contributed by atoms with Gasteiger partial charge in [0.1, 0.15) is 0 Å². The van der Waals surface area contributed by atoms with E-state index in [9.17, 15) is 4.79 Å². The van der Waals surface area contributed by atoms with Crippen LogP contribution in [0.25, 0.3) is 5.69 Å². The number of hydrogen-bond donors (Lipinski definition) is 0. The molecule has 0 saturated heterocycles. The number of carbonyl (C=O) groups excluding carboxylic acids is 1. The number of carbonyl (C=O) groups is 1. The molecule has 7 heteroatoms. The van der Waals surface area contributed by atoms with Gasteiger partial charge in [-0.25, -0.2) is 4.68 Å². The van der Waals surface area contributed by atoms with Crippen LogP contribution in [-0.2, 0) is 13.1 Å². The molecule has 28 heavy (non-hydrogen) atoms. The number of nitrogens with zero attached hydrogens (tertiary/aromatic N) is 6. The molecule has 0 unspecified atom stereocenters. The van der Waals surface area contributed by atoms with Gasteiger partial charge in [-0.05, 0) is 42.5 Å². The van der Waals surface area contributed by atoms with Crippen molar-refractivity contribution in [2.24, 2.45) is 5.92 Å². The Balaban J connectivity index is 1.39. The largest absolute Gasteiger partial charge is 0.336 e. The minimum absolute atomic E-state index is 0.112. The fourth-order valence-corrected chi connectivity index (χ4v) is 3.88. The zero-order valence-electron chi connectivity index (χ0n) is 16.2. The van der Waals surface area contributed by atoms with E-state index in [-0.39, 0.29) is 5.91 Å². The summed E-state index contributed by atoms with van der Waals surface area (Å²) in [7, 11) is 1.79. The van der Waals surface area contributed by atoms with Crippen LogP contribution in [0.2, 0.25) is 0 Å². The fraction of sp³-hybridized carbons (Fsp3) is 0.429. The van der Waals surface area contributed by atoms with E-state index < -0.39 is 0 Å². The molecule has 0 aliphatic heterocycles. The zero-order valence-corrected chi connectivity index (χ0v) is 16.2. The average Bonchev–Trinajstić information content (AvgIpc) is 3.41. The van der Waals surface area contributed by atoms with Gasteiger partial charge < -0.3 is 4.90 Å². The molecule has 0 bridgehead atoms. The van der Waals surface area contributed by atoms with Crippen molar-refractivity contribution in [3.05, 3.63) is 60.2 Å². The topological polar surface area (TPSA) is 68.8 Å². The molecule has 1 aromatic carbocycles. The molecule has 4 rings (SSSR count). The molecular formula is C21H26N6O. The Labute approximate surface area is 165 Å². The number of rotatable bonds is 6.